The van der Waals surface area contributed by atoms with Gasteiger partial charge >= 0.3 is 0 Å². The van der Waals surface area contributed by atoms with Crippen LogP contribution in [0.5, 0.6) is 11.5 Å². The third kappa shape index (κ3) is 5.44. The molecule has 3 rings (SSSR count). The SMILES string of the molecule is COc1ccc(CCNc2ccc(C(=O)Nc3cc(C)ccc3OC)nn2)cc1. The largest absolute Gasteiger partial charge is 0.497 e. The average molecular weight is 392 g/mol. The van der Waals surface area contributed by atoms with Crippen molar-refractivity contribution < 1.29 is 14.3 Å². The maximum Gasteiger partial charge on any atom is 0.276 e. The fraction of sp³-hybridized carbons (Fsp3) is 0.227. The Morgan fingerprint density at radius 1 is 0.966 bits per heavy atom. The van der Waals surface area contributed by atoms with Gasteiger partial charge in [0, 0.05) is 6.54 Å². The number of benzene rings is 2. The molecular weight excluding hydrogens is 368 g/mol. The minimum atomic E-state index is -0.341. The number of nitrogens with one attached hydrogen (secondary N) is 2. The summed E-state index contributed by atoms with van der Waals surface area (Å²) < 4.78 is 10.4. The number of methoxy groups -OCH3 is 2. The predicted octanol–water partition coefficient (Wildman–Crippen LogP) is 3.71. The summed E-state index contributed by atoms with van der Waals surface area (Å²) in [6, 6.07) is 16.9. The topological polar surface area (TPSA) is 85.4 Å². The summed E-state index contributed by atoms with van der Waals surface area (Å²) in [5.41, 5.74) is 3.04. The van der Waals surface area contributed by atoms with Gasteiger partial charge in [-0.2, -0.15) is 0 Å². The molecule has 1 amide bonds. The molecule has 0 spiro atoms. The van der Waals surface area contributed by atoms with E-state index < -0.39 is 0 Å². The molecule has 29 heavy (non-hydrogen) atoms. The molecule has 0 saturated carbocycles. The van der Waals surface area contributed by atoms with Crippen LogP contribution < -0.4 is 20.1 Å². The molecule has 150 valence electrons. The van der Waals surface area contributed by atoms with E-state index in [1.165, 1.54) is 5.56 Å². The fourth-order valence-corrected chi connectivity index (χ4v) is 2.78. The zero-order valence-electron chi connectivity index (χ0n) is 16.7. The lowest BCUT2D eigenvalue weighted by molar-refractivity contribution is 0.102. The molecule has 7 heteroatoms. The number of ether oxygens (including phenoxy) is 2. The third-order valence-electron chi connectivity index (χ3n) is 4.38. The van der Waals surface area contributed by atoms with Crippen LogP contribution in [0.4, 0.5) is 11.5 Å². The second-order valence-corrected chi connectivity index (χ2v) is 6.49. The Kier molecular flexibility index (Phi) is 6.63. The maximum atomic E-state index is 12.5. The van der Waals surface area contributed by atoms with E-state index in [1.54, 1.807) is 26.4 Å². The van der Waals surface area contributed by atoms with Gasteiger partial charge in [-0.1, -0.05) is 18.2 Å². The van der Waals surface area contributed by atoms with Crippen molar-refractivity contribution in [2.75, 3.05) is 31.4 Å². The molecular formula is C22H24N4O3. The molecule has 0 radical (unpaired) electrons. The van der Waals surface area contributed by atoms with Crippen LogP contribution in [0.2, 0.25) is 0 Å². The molecule has 0 bridgehead atoms. The number of carbonyl (C=O) groups excluding carboxylic acids is 1. The molecule has 1 aromatic heterocycles. The lowest BCUT2D eigenvalue weighted by Gasteiger charge is -2.11. The van der Waals surface area contributed by atoms with E-state index in [2.05, 4.69) is 20.8 Å². The van der Waals surface area contributed by atoms with Crippen LogP contribution in [0, 0.1) is 6.92 Å². The van der Waals surface area contributed by atoms with Crippen LogP contribution in [0.15, 0.2) is 54.6 Å². The van der Waals surface area contributed by atoms with Crippen molar-refractivity contribution in [3.63, 3.8) is 0 Å². The van der Waals surface area contributed by atoms with Crippen LogP contribution in [-0.2, 0) is 6.42 Å². The highest BCUT2D eigenvalue weighted by molar-refractivity contribution is 6.03. The summed E-state index contributed by atoms with van der Waals surface area (Å²) in [4.78, 5) is 12.5. The van der Waals surface area contributed by atoms with Crippen LogP contribution in [-0.4, -0.2) is 36.9 Å². The number of hydrogen-bond donors (Lipinski definition) is 2. The molecule has 0 aliphatic heterocycles. The number of rotatable bonds is 8. The number of hydrogen-bond acceptors (Lipinski definition) is 6. The van der Waals surface area contributed by atoms with Gasteiger partial charge in [0.1, 0.15) is 17.3 Å². The summed E-state index contributed by atoms with van der Waals surface area (Å²) >= 11 is 0. The zero-order valence-corrected chi connectivity index (χ0v) is 16.7. The Morgan fingerprint density at radius 3 is 2.41 bits per heavy atom. The molecule has 0 atom stereocenters. The highest BCUT2D eigenvalue weighted by Crippen LogP contribution is 2.25. The summed E-state index contributed by atoms with van der Waals surface area (Å²) in [6.07, 6.45) is 0.834. The lowest BCUT2D eigenvalue weighted by Crippen LogP contribution is -2.16. The van der Waals surface area contributed by atoms with E-state index in [0.717, 1.165) is 17.7 Å². The second-order valence-electron chi connectivity index (χ2n) is 6.49. The molecule has 2 aromatic carbocycles. The Bertz CT molecular complexity index is 957. The first-order chi connectivity index (χ1) is 14.1. The van der Waals surface area contributed by atoms with Crippen molar-refractivity contribution in [1.82, 2.24) is 10.2 Å². The molecule has 0 aliphatic rings. The van der Waals surface area contributed by atoms with Crippen molar-refractivity contribution in [3.05, 3.63) is 71.4 Å². The van der Waals surface area contributed by atoms with E-state index in [0.29, 0.717) is 23.8 Å². The monoisotopic (exact) mass is 392 g/mol. The van der Waals surface area contributed by atoms with Crippen LogP contribution in [0.3, 0.4) is 0 Å². The molecule has 0 unspecified atom stereocenters. The first kappa shape index (κ1) is 20.1. The lowest BCUT2D eigenvalue weighted by atomic mass is 10.1. The standard InChI is InChI=1S/C22H24N4O3/c1-15-4-10-20(29-3)19(14-15)24-22(27)18-9-11-21(26-25-18)23-13-12-16-5-7-17(28-2)8-6-16/h4-11,14H,12-13H2,1-3H3,(H,23,26)(H,24,27). The maximum absolute atomic E-state index is 12.5. The van der Waals surface area contributed by atoms with Crippen molar-refractivity contribution in [3.8, 4) is 11.5 Å². The highest BCUT2D eigenvalue weighted by Gasteiger charge is 2.12. The summed E-state index contributed by atoms with van der Waals surface area (Å²) in [5.74, 6) is 1.70. The first-order valence-corrected chi connectivity index (χ1v) is 9.25. The predicted molar refractivity (Wildman–Crippen MR) is 113 cm³/mol. The number of anilines is 2. The highest BCUT2D eigenvalue weighted by atomic mass is 16.5. The smallest absolute Gasteiger partial charge is 0.276 e. The van der Waals surface area contributed by atoms with E-state index >= 15 is 0 Å². The van der Waals surface area contributed by atoms with Gasteiger partial charge in [-0.3, -0.25) is 4.79 Å². The molecule has 3 aromatic rings. The van der Waals surface area contributed by atoms with Crippen molar-refractivity contribution in [1.29, 1.82) is 0 Å². The van der Waals surface area contributed by atoms with Gasteiger partial charge in [0.15, 0.2) is 5.69 Å². The number of aryl methyl sites for hydroxylation is 1. The number of nitrogens with zero attached hydrogens (tertiary/aromatic N) is 2. The van der Waals surface area contributed by atoms with E-state index in [4.69, 9.17) is 9.47 Å². The van der Waals surface area contributed by atoms with Crippen LogP contribution >= 0.6 is 0 Å². The molecule has 7 nitrogen and oxygen atoms in total. The first-order valence-electron chi connectivity index (χ1n) is 9.25. The van der Waals surface area contributed by atoms with Gasteiger partial charge in [0.2, 0.25) is 0 Å². The van der Waals surface area contributed by atoms with Gasteiger partial charge in [-0.15, -0.1) is 10.2 Å². The number of carbonyl (C=O) groups is 1. The van der Waals surface area contributed by atoms with Crippen LogP contribution in [0.1, 0.15) is 21.6 Å². The Labute approximate surface area is 170 Å². The molecule has 0 saturated heterocycles. The quantitative estimate of drug-likeness (QED) is 0.608. The van der Waals surface area contributed by atoms with E-state index in [-0.39, 0.29) is 11.6 Å². The zero-order chi connectivity index (χ0) is 20.6. The molecule has 2 N–H and O–H groups in total. The van der Waals surface area contributed by atoms with Gasteiger partial charge in [-0.05, 0) is 60.9 Å². The van der Waals surface area contributed by atoms with Crippen LogP contribution in [0.25, 0.3) is 0 Å². The Balaban J connectivity index is 1.55. The number of aromatic nitrogens is 2. The summed E-state index contributed by atoms with van der Waals surface area (Å²) in [5, 5.41) is 14.1. The van der Waals surface area contributed by atoms with E-state index in [9.17, 15) is 4.79 Å². The number of amides is 1. The third-order valence-corrected chi connectivity index (χ3v) is 4.38. The van der Waals surface area contributed by atoms with Gasteiger partial charge < -0.3 is 20.1 Å². The van der Waals surface area contributed by atoms with Crippen molar-refractivity contribution in [2.24, 2.45) is 0 Å². The minimum absolute atomic E-state index is 0.231. The Morgan fingerprint density at radius 2 is 1.76 bits per heavy atom. The van der Waals surface area contributed by atoms with E-state index in [1.807, 2.05) is 49.4 Å². The Hall–Kier alpha value is -3.61. The fourth-order valence-electron chi connectivity index (χ4n) is 2.78. The molecule has 0 aliphatic carbocycles. The second kappa shape index (κ2) is 9.54. The van der Waals surface area contributed by atoms with Gasteiger partial charge in [0.05, 0.1) is 19.9 Å². The summed E-state index contributed by atoms with van der Waals surface area (Å²) in [7, 11) is 3.21. The normalized spacial score (nSPS) is 10.3. The average Bonchev–Trinajstić information content (AvgIpc) is 2.75. The van der Waals surface area contributed by atoms with Gasteiger partial charge in [-0.25, -0.2) is 0 Å². The van der Waals surface area contributed by atoms with Gasteiger partial charge in [0.25, 0.3) is 5.91 Å². The van der Waals surface area contributed by atoms with Crippen molar-refractivity contribution >= 4 is 17.4 Å². The minimum Gasteiger partial charge on any atom is -0.497 e. The molecule has 1 heterocycles. The molecule has 0 fully saturated rings. The summed E-state index contributed by atoms with van der Waals surface area (Å²) in [6.45, 7) is 2.65. The van der Waals surface area contributed by atoms with Crippen molar-refractivity contribution in [2.45, 2.75) is 13.3 Å².